The maximum absolute atomic E-state index is 12.4. The molecule has 2 aliphatic rings. The predicted molar refractivity (Wildman–Crippen MR) is 104 cm³/mol. The van der Waals surface area contributed by atoms with Gasteiger partial charge in [-0.25, -0.2) is 0 Å². The number of carbonyl (C=O) groups is 3. The van der Waals surface area contributed by atoms with Gasteiger partial charge in [-0.1, -0.05) is 0 Å². The van der Waals surface area contributed by atoms with Crippen molar-refractivity contribution in [1.29, 1.82) is 0 Å². The van der Waals surface area contributed by atoms with Gasteiger partial charge >= 0.3 is 0 Å². The van der Waals surface area contributed by atoms with Gasteiger partial charge in [0.05, 0.1) is 0 Å². The zero-order valence-electron chi connectivity index (χ0n) is 14.9. The average Bonchev–Trinajstić information content (AvgIpc) is 3.45. The van der Waals surface area contributed by atoms with Crippen LogP contribution in [0.3, 0.4) is 0 Å². The summed E-state index contributed by atoms with van der Waals surface area (Å²) >= 11 is 0. The molecule has 1 aliphatic carbocycles. The van der Waals surface area contributed by atoms with Gasteiger partial charge in [-0.05, 0) is 67.8 Å². The Labute approximate surface area is 157 Å². The summed E-state index contributed by atoms with van der Waals surface area (Å²) in [7, 11) is 0. The van der Waals surface area contributed by atoms with E-state index < -0.39 is 0 Å². The van der Waals surface area contributed by atoms with Gasteiger partial charge in [-0.3, -0.25) is 14.4 Å². The van der Waals surface area contributed by atoms with Crippen LogP contribution in [0.25, 0.3) is 0 Å². The first-order chi connectivity index (χ1) is 13.1. The van der Waals surface area contributed by atoms with E-state index in [1.807, 2.05) is 12.1 Å². The molecule has 1 saturated heterocycles. The molecule has 138 valence electrons. The van der Waals surface area contributed by atoms with Crippen LogP contribution in [0.5, 0.6) is 0 Å². The molecule has 3 amide bonds. The second-order valence-corrected chi connectivity index (χ2v) is 6.99. The topological polar surface area (TPSA) is 78.5 Å². The van der Waals surface area contributed by atoms with E-state index in [2.05, 4.69) is 10.6 Å². The number of anilines is 3. The van der Waals surface area contributed by atoms with Gasteiger partial charge in [0.1, 0.15) is 0 Å². The highest BCUT2D eigenvalue weighted by molar-refractivity contribution is 6.05. The third-order valence-corrected chi connectivity index (χ3v) is 4.87. The highest BCUT2D eigenvalue weighted by Gasteiger charge is 2.29. The molecule has 4 rings (SSSR count). The number of amides is 3. The van der Waals surface area contributed by atoms with Crippen molar-refractivity contribution in [3.63, 3.8) is 0 Å². The van der Waals surface area contributed by atoms with E-state index in [0.29, 0.717) is 23.4 Å². The molecular formula is C21H21N3O3. The van der Waals surface area contributed by atoms with E-state index in [4.69, 9.17) is 0 Å². The van der Waals surface area contributed by atoms with Gasteiger partial charge in [-0.15, -0.1) is 0 Å². The van der Waals surface area contributed by atoms with Crippen molar-refractivity contribution in [1.82, 2.24) is 0 Å². The largest absolute Gasteiger partial charge is 0.326 e. The van der Waals surface area contributed by atoms with E-state index in [-0.39, 0.29) is 23.6 Å². The predicted octanol–water partition coefficient (Wildman–Crippen LogP) is 3.41. The molecule has 2 fully saturated rings. The Morgan fingerprint density at radius 3 is 2.11 bits per heavy atom. The lowest BCUT2D eigenvalue weighted by Crippen LogP contribution is -2.23. The quantitative estimate of drug-likeness (QED) is 0.854. The Hall–Kier alpha value is -3.15. The fourth-order valence-corrected chi connectivity index (χ4v) is 3.14. The fourth-order valence-electron chi connectivity index (χ4n) is 3.14. The lowest BCUT2D eigenvalue weighted by Gasteiger charge is -2.16. The lowest BCUT2D eigenvalue weighted by atomic mass is 10.2. The first kappa shape index (κ1) is 17.3. The summed E-state index contributed by atoms with van der Waals surface area (Å²) in [4.78, 5) is 37.7. The van der Waals surface area contributed by atoms with Gasteiger partial charge in [0.2, 0.25) is 11.8 Å². The minimum absolute atomic E-state index is 0.0452. The van der Waals surface area contributed by atoms with Crippen molar-refractivity contribution < 1.29 is 14.4 Å². The molecule has 2 aromatic carbocycles. The second kappa shape index (κ2) is 7.23. The molecule has 2 aromatic rings. The Balaban J connectivity index is 1.36. The van der Waals surface area contributed by atoms with Gasteiger partial charge in [0, 0.05) is 41.5 Å². The Morgan fingerprint density at radius 2 is 1.52 bits per heavy atom. The molecule has 27 heavy (non-hydrogen) atoms. The molecule has 0 atom stereocenters. The maximum atomic E-state index is 12.4. The molecule has 0 radical (unpaired) electrons. The monoisotopic (exact) mass is 363 g/mol. The highest BCUT2D eigenvalue weighted by atomic mass is 16.2. The number of benzene rings is 2. The highest BCUT2D eigenvalue weighted by Crippen LogP contribution is 2.30. The first-order valence-electron chi connectivity index (χ1n) is 9.23. The fraction of sp³-hybridized carbons (Fsp3) is 0.286. The van der Waals surface area contributed by atoms with Crippen molar-refractivity contribution in [2.75, 3.05) is 22.1 Å². The molecule has 0 spiro atoms. The van der Waals surface area contributed by atoms with E-state index in [1.54, 1.807) is 41.3 Å². The Bertz CT molecular complexity index is 871. The molecule has 6 nitrogen and oxygen atoms in total. The minimum atomic E-state index is -0.222. The van der Waals surface area contributed by atoms with Crippen molar-refractivity contribution in [2.45, 2.75) is 25.7 Å². The summed E-state index contributed by atoms with van der Waals surface area (Å²) in [5, 5.41) is 5.70. The van der Waals surface area contributed by atoms with Crippen molar-refractivity contribution >= 4 is 34.8 Å². The summed E-state index contributed by atoms with van der Waals surface area (Å²) in [6, 6.07) is 14.1. The standard InChI is InChI=1S/C21H21N3O3/c25-19-2-1-13-24(19)18-11-9-17(10-12-18)23-21(27)15-5-7-16(8-6-15)22-20(26)14-3-4-14/h5-12,14H,1-4,13H2,(H,22,26)(H,23,27). The molecule has 1 heterocycles. The molecule has 2 N–H and O–H groups in total. The van der Waals surface area contributed by atoms with Crippen LogP contribution >= 0.6 is 0 Å². The van der Waals surface area contributed by atoms with Crippen molar-refractivity contribution in [3.05, 3.63) is 54.1 Å². The van der Waals surface area contributed by atoms with E-state index in [0.717, 1.165) is 31.5 Å². The van der Waals surface area contributed by atoms with Crippen LogP contribution in [0.1, 0.15) is 36.0 Å². The molecule has 0 bridgehead atoms. The number of carbonyl (C=O) groups excluding carboxylic acids is 3. The number of hydrogen-bond acceptors (Lipinski definition) is 3. The van der Waals surface area contributed by atoms with Crippen LogP contribution < -0.4 is 15.5 Å². The van der Waals surface area contributed by atoms with Gasteiger partial charge < -0.3 is 15.5 Å². The van der Waals surface area contributed by atoms with Crippen LogP contribution in [0.4, 0.5) is 17.1 Å². The third-order valence-electron chi connectivity index (χ3n) is 4.87. The van der Waals surface area contributed by atoms with Crippen molar-refractivity contribution in [3.8, 4) is 0 Å². The number of rotatable bonds is 5. The van der Waals surface area contributed by atoms with Crippen molar-refractivity contribution in [2.24, 2.45) is 5.92 Å². The van der Waals surface area contributed by atoms with E-state index in [9.17, 15) is 14.4 Å². The van der Waals surface area contributed by atoms with Crippen LogP contribution in [0.2, 0.25) is 0 Å². The number of nitrogens with zero attached hydrogens (tertiary/aromatic N) is 1. The Morgan fingerprint density at radius 1 is 0.889 bits per heavy atom. The second-order valence-electron chi connectivity index (χ2n) is 6.99. The third kappa shape index (κ3) is 4.00. The molecule has 0 unspecified atom stereocenters. The normalized spacial score (nSPS) is 16.3. The molecule has 1 aliphatic heterocycles. The summed E-state index contributed by atoms with van der Waals surface area (Å²) in [6.07, 6.45) is 3.39. The summed E-state index contributed by atoms with van der Waals surface area (Å²) in [5.41, 5.74) is 2.73. The average molecular weight is 363 g/mol. The van der Waals surface area contributed by atoms with Crippen LogP contribution in [0.15, 0.2) is 48.5 Å². The molecule has 1 saturated carbocycles. The lowest BCUT2D eigenvalue weighted by molar-refractivity contribution is -0.118. The zero-order chi connectivity index (χ0) is 18.8. The van der Waals surface area contributed by atoms with E-state index >= 15 is 0 Å². The SMILES string of the molecule is O=C(Nc1ccc(N2CCCC2=O)cc1)c1ccc(NC(=O)C2CC2)cc1. The summed E-state index contributed by atoms with van der Waals surface area (Å²) in [6.45, 7) is 0.744. The molecule has 6 heteroatoms. The zero-order valence-corrected chi connectivity index (χ0v) is 14.9. The van der Waals surface area contributed by atoms with Crippen LogP contribution in [-0.4, -0.2) is 24.3 Å². The van der Waals surface area contributed by atoms with Crippen LogP contribution in [0, 0.1) is 5.92 Å². The number of hydrogen-bond donors (Lipinski definition) is 2. The van der Waals surface area contributed by atoms with Crippen LogP contribution in [-0.2, 0) is 9.59 Å². The maximum Gasteiger partial charge on any atom is 0.255 e. The molecule has 0 aromatic heterocycles. The summed E-state index contributed by atoms with van der Waals surface area (Å²) < 4.78 is 0. The first-order valence-corrected chi connectivity index (χ1v) is 9.23. The smallest absolute Gasteiger partial charge is 0.255 e. The Kier molecular flexibility index (Phi) is 4.62. The minimum Gasteiger partial charge on any atom is -0.326 e. The summed E-state index contributed by atoms with van der Waals surface area (Å²) in [5.74, 6) is 0.108. The molecular weight excluding hydrogens is 342 g/mol. The van der Waals surface area contributed by atoms with Gasteiger partial charge in [0.25, 0.3) is 5.91 Å². The van der Waals surface area contributed by atoms with Gasteiger partial charge in [-0.2, -0.15) is 0 Å². The van der Waals surface area contributed by atoms with Gasteiger partial charge in [0.15, 0.2) is 0 Å². The van der Waals surface area contributed by atoms with E-state index in [1.165, 1.54) is 0 Å². The number of nitrogens with one attached hydrogen (secondary N) is 2.